The van der Waals surface area contributed by atoms with Gasteiger partial charge in [0.05, 0.1) is 5.69 Å². The topological polar surface area (TPSA) is 68.1 Å². The van der Waals surface area contributed by atoms with Crippen molar-refractivity contribution in [3.8, 4) is 0 Å². The lowest BCUT2D eigenvalue weighted by atomic mass is 9.91. The summed E-state index contributed by atoms with van der Waals surface area (Å²) in [6, 6.07) is 3.45. The van der Waals surface area contributed by atoms with Gasteiger partial charge in [-0.3, -0.25) is 9.59 Å². The van der Waals surface area contributed by atoms with Crippen LogP contribution in [0.5, 0.6) is 0 Å². The number of hydrogen-bond acceptors (Lipinski definition) is 4. The molecule has 1 aliphatic rings. The molecule has 0 bridgehead atoms. The van der Waals surface area contributed by atoms with Crippen LogP contribution in [-0.2, 0) is 11.8 Å². The molecule has 6 heteroatoms. The fraction of sp³-hybridized carbons (Fsp3) is 0.412. The molecule has 1 aliphatic heterocycles. The summed E-state index contributed by atoms with van der Waals surface area (Å²) in [6.45, 7) is 3.18. The first kappa shape index (κ1) is 15.4. The van der Waals surface area contributed by atoms with Crippen molar-refractivity contribution in [2.45, 2.75) is 25.7 Å². The summed E-state index contributed by atoms with van der Waals surface area (Å²) in [6.07, 6.45) is 6.80. The maximum absolute atomic E-state index is 12.4. The lowest BCUT2D eigenvalue weighted by Crippen LogP contribution is -2.42. The van der Waals surface area contributed by atoms with E-state index in [-0.39, 0.29) is 0 Å². The number of hydrogen-bond donors (Lipinski definition) is 0. The number of carbonyl (C=O) groups is 2. The Bertz CT molecular complexity index is 730. The van der Waals surface area contributed by atoms with E-state index in [1.54, 1.807) is 41.2 Å². The van der Waals surface area contributed by atoms with Crippen LogP contribution in [0.2, 0.25) is 0 Å². The molecule has 0 N–H and O–H groups in total. The van der Waals surface area contributed by atoms with E-state index in [1.165, 1.54) is 0 Å². The Kier molecular flexibility index (Phi) is 4.23. The summed E-state index contributed by atoms with van der Waals surface area (Å²) >= 11 is 0. The summed E-state index contributed by atoms with van der Waals surface area (Å²) < 4.78 is 1.68. The van der Waals surface area contributed by atoms with E-state index >= 15 is 0 Å². The van der Waals surface area contributed by atoms with Crippen molar-refractivity contribution >= 4 is 11.7 Å². The van der Waals surface area contributed by atoms with E-state index < -0.39 is 11.7 Å². The molecule has 1 amide bonds. The number of carbonyl (C=O) groups excluding carboxylic acids is 2. The molecule has 0 spiro atoms. The van der Waals surface area contributed by atoms with Crippen molar-refractivity contribution in [3.63, 3.8) is 0 Å². The van der Waals surface area contributed by atoms with Crippen molar-refractivity contribution < 1.29 is 9.59 Å². The van der Waals surface area contributed by atoms with Gasteiger partial charge in [0.2, 0.25) is 0 Å². The molecule has 6 nitrogen and oxygen atoms in total. The predicted octanol–water partition coefficient (Wildman–Crippen LogP) is 1.71. The van der Waals surface area contributed by atoms with Gasteiger partial charge < -0.3 is 9.47 Å². The molecular formula is C17H20N4O2. The number of rotatable bonds is 3. The largest absolute Gasteiger partial charge is 0.348 e. The van der Waals surface area contributed by atoms with Gasteiger partial charge in [-0.15, -0.1) is 0 Å². The van der Waals surface area contributed by atoms with Crippen LogP contribution < -0.4 is 0 Å². The monoisotopic (exact) mass is 312 g/mol. The molecule has 2 aromatic heterocycles. The maximum Gasteiger partial charge on any atom is 0.296 e. The van der Waals surface area contributed by atoms with Gasteiger partial charge in [-0.25, -0.2) is 9.97 Å². The zero-order valence-electron chi connectivity index (χ0n) is 13.4. The first-order valence-corrected chi connectivity index (χ1v) is 7.79. The van der Waals surface area contributed by atoms with Crippen LogP contribution in [0, 0.1) is 6.92 Å². The molecule has 1 saturated heterocycles. The highest BCUT2D eigenvalue weighted by Gasteiger charge is 2.30. The average molecular weight is 312 g/mol. The highest BCUT2D eigenvalue weighted by molar-refractivity contribution is 6.42. The Morgan fingerprint density at radius 3 is 2.61 bits per heavy atom. The predicted molar refractivity (Wildman–Crippen MR) is 85.1 cm³/mol. The number of aromatic nitrogens is 3. The van der Waals surface area contributed by atoms with Crippen LogP contribution in [0.25, 0.3) is 0 Å². The number of nitrogens with zero attached hydrogens (tertiary/aromatic N) is 4. The summed E-state index contributed by atoms with van der Waals surface area (Å²) in [7, 11) is 1.77. The van der Waals surface area contributed by atoms with E-state index in [4.69, 9.17) is 0 Å². The Morgan fingerprint density at radius 2 is 2.00 bits per heavy atom. The van der Waals surface area contributed by atoms with E-state index in [0.717, 1.165) is 24.1 Å². The van der Waals surface area contributed by atoms with Crippen molar-refractivity contribution in [1.82, 2.24) is 19.4 Å². The second kappa shape index (κ2) is 6.32. The molecule has 120 valence electrons. The SMILES string of the molecule is Cc1cncnc1C1CCN(C(=O)C(=O)c2cccn2C)CC1. The molecule has 1 fully saturated rings. The first-order valence-electron chi connectivity index (χ1n) is 7.79. The van der Waals surface area contributed by atoms with Gasteiger partial charge in [-0.05, 0) is 37.5 Å². The number of amides is 1. The maximum atomic E-state index is 12.4. The minimum atomic E-state index is -0.436. The smallest absolute Gasteiger partial charge is 0.296 e. The van der Waals surface area contributed by atoms with Crippen LogP contribution in [-0.4, -0.2) is 44.2 Å². The van der Waals surface area contributed by atoms with Crippen LogP contribution in [0.3, 0.4) is 0 Å². The molecule has 0 atom stereocenters. The van der Waals surface area contributed by atoms with Gasteiger partial charge in [0.15, 0.2) is 0 Å². The van der Waals surface area contributed by atoms with Gasteiger partial charge >= 0.3 is 0 Å². The number of ketones is 1. The van der Waals surface area contributed by atoms with Crippen molar-refractivity contribution in [3.05, 3.63) is 47.8 Å². The van der Waals surface area contributed by atoms with Gasteiger partial charge in [0, 0.05) is 44.1 Å². The lowest BCUT2D eigenvalue weighted by molar-refractivity contribution is -0.127. The third-order valence-corrected chi connectivity index (χ3v) is 4.48. The third kappa shape index (κ3) is 3.02. The van der Waals surface area contributed by atoms with Crippen molar-refractivity contribution in [1.29, 1.82) is 0 Å². The summed E-state index contributed by atoms with van der Waals surface area (Å²) in [5.74, 6) is -0.522. The number of Topliss-reactive ketones (excluding diaryl/α,β-unsaturated/α-hetero) is 1. The molecule has 23 heavy (non-hydrogen) atoms. The van der Waals surface area contributed by atoms with E-state index in [1.807, 2.05) is 13.1 Å². The second-order valence-electron chi connectivity index (χ2n) is 5.99. The molecule has 2 aromatic rings. The Morgan fingerprint density at radius 1 is 1.26 bits per heavy atom. The highest BCUT2D eigenvalue weighted by atomic mass is 16.2. The van der Waals surface area contributed by atoms with Gasteiger partial charge in [-0.1, -0.05) is 0 Å². The summed E-state index contributed by atoms with van der Waals surface area (Å²) in [5.41, 5.74) is 2.57. The molecule has 0 unspecified atom stereocenters. The van der Waals surface area contributed by atoms with Crippen molar-refractivity contribution in [2.24, 2.45) is 7.05 Å². The molecular weight excluding hydrogens is 292 g/mol. The van der Waals surface area contributed by atoms with E-state index in [2.05, 4.69) is 9.97 Å². The minimum absolute atomic E-state index is 0.326. The molecule has 3 rings (SSSR count). The number of aryl methyl sites for hydroxylation is 2. The molecule has 0 radical (unpaired) electrons. The quantitative estimate of drug-likeness (QED) is 0.639. The highest BCUT2D eigenvalue weighted by Crippen LogP contribution is 2.28. The average Bonchev–Trinajstić information content (AvgIpc) is 3.00. The Labute approximate surface area is 135 Å². The first-order chi connectivity index (χ1) is 11.1. The standard InChI is InChI=1S/C17H20N4O2/c1-12-10-18-11-19-15(12)13-5-8-21(9-6-13)17(23)16(22)14-4-3-7-20(14)2/h3-4,7,10-11,13H,5-6,8-9H2,1-2H3. The normalized spacial score (nSPS) is 15.7. The Balaban J connectivity index is 1.65. The fourth-order valence-electron chi connectivity index (χ4n) is 3.14. The zero-order chi connectivity index (χ0) is 16.4. The van der Waals surface area contributed by atoms with Crippen LogP contribution in [0.1, 0.15) is 40.5 Å². The van der Waals surface area contributed by atoms with Gasteiger partial charge in [-0.2, -0.15) is 0 Å². The number of piperidine rings is 1. The van der Waals surface area contributed by atoms with Gasteiger partial charge in [0.1, 0.15) is 6.33 Å². The molecule has 3 heterocycles. The fourth-order valence-corrected chi connectivity index (χ4v) is 3.14. The van der Waals surface area contributed by atoms with E-state index in [0.29, 0.717) is 24.7 Å². The molecule has 0 saturated carbocycles. The molecule has 0 aliphatic carbocycles. The van der Waals surface area contributed by atoms with E-state index in [9.17, 15) is 9.59 Å². The van der Waals surface area contributed by atoms with Crippen molar-refractivity contribution in [2.75, 3.05) is 13.1 Å². The minimum Gasteiger partial charge on any atom is -0.348 e. The van der Waals surface area contributed by atoms with Crippen LogP contribution >= 0.6 is 0 Å². The second-order valence-corrected chi connectivity index (χ2v) is 5.99. The van der Waals surface area contributed by atoms with Crippen LogP contribution in [0.4, 0.5) is 0 Å². The van der Waals surface area contributed by atoms with Crippen LogP contribution in [0.15, 0.2) is 30.9 Å². The molecule has 0 aromatic carbocycles. The van der Waals surface area contributed by atoms with Gasteiger partial charge in [0.25, 0.3) is 11.7 Å². The summed E-state index contributed by atoms with van der Waals surface area (Å²) in [4.78, 5) is 34.7. The number of likely N-dealkylation sites (tertiary alicyclic amines) is 1. The lowest BCUT2D eigenvalue weighted by Gasteiger charge is -2.31. The third-order valence-electron chi connectivity index (χ3n) is 4.48. The Hall–Kier alpha value is -2.50. The zero-order valence-corrected chi connectivity index (χ0v) is 13.4. The summed E-state index contributed by atoms with van der Waals surface area (Å²) in [5, 5.41) is 0.